The molecule has 0 atom stereocenters. The fourth-order valence-corrected chi connectivity index (χ4v) is 16.6. The molecule has 0 saturated carbocycles. The Bertz CT molecular complexity index is 1010. The number of benzene rings is 3. The van der Waals surface area contributed by atoms with E-state index in [4.69, 9.17) is 12.9 Å². The van der Waals surface area contributed by atoms with E-state index in [9.17, 15) is 0 Å². The fourth-order valence-electron chi connectivity index (χ4n) is 4.49. The van der Waals surface area contributed by atoms with E-state index in [1.807, 2.05) is 0 Å². The molecule has 0 radical (unpaired) electrons. The van der Waals surface area contributed by atoms with Gasteiger partial charge in [0.2, 0.25) is 0 Å². The zero-order chi connectivity index (χ0) is 27.5. The molecule has 0 aliphatic rings. The third-order valence-corrected chi connectivity index (χ3v) is 19.0. The molecule has 0 N–H and O–H groups in total. The summed E-state index contributed by atoms with van der Waals surface area (Å²) in [6.07, 6.45) is 2.65. The number of hydrogen-bond acceptors (Lipinski definition) is 3. The molecule has 0 heterocycles. The molecule has 0 aliphatic carbocycles. The minimum absolute atomic E-state index is 0.884. The molecule has 3 rings (SSSR count). The summed E-state index contributed by atoms with van der Waals surface area (Å²) in [5, 5.41) is 0. The van der Waals surface area contributed by atoms with E-state index in [-0.39, 0.29) is 0 Å². The van der Waals surface area contributed by atoms with Crippen LogP contribution in [0.4, 0.5) is 0 Å². The first-order valence-electron chi connectivity index (χ1n) is 12.9. The van der Waals surface area contributed by atoms with Crippen LogP contribution in [-0.2, 0) is 31.4 Å². The average molecular weight is 581 g/mol. The second-order valence-electron chi connectivity index (χ2n) is 14.3. The molecule has 0 amide bonds. The molecule has 0 fully saturated rings. The van der Waals surface area contributed by atoms with Gasteiger partial charge in [0.1, 0.15) is 0 Å². The molecule has 206 valence electrons. The monoisotopic (exact) mass is 580 g/mol. The molecule has 0 spiro atoms. The Morgan fingerprint density at radius 2 is 0.622 bits per heavy atom. The van der Waals surface area contributed by atoms with E-state index in [0.717, 1.165) is 18.5 Å². The van der Waals surface area contributed by atoms with Crippen LogP contribution in [0.3, 0.4) is 0 Å². The molecule has 7 heteroatoms. The molecule has 0 unspecified atom stereocenters. The summed E-state index contributed by atoms with van der Waals surface area (Å²) in [7, 11) is -1.59. The second-order valence-corrected chi connectivity index (χ2v) is 35.5. The van der Waals surface area contributed by atoms with Crippen LogP contribution in [0.25, 0.3) is 0 Å². The van der Waals surface area contributed by atoms with E-state index in [1.54, 1.807) is 0 Å². The molecule has 3 nitrogen and oxygen atoms in total. The van der Waals surface area contributed by atoms with Gasteiger partial charge in [0.05, 0.1) is 0 Å². The van der Waals surface area contributed by atoms with Gasteiger partial charge in [-0.1, -0.05) is 0 Å². The van der Waals surface area contributed by atoms with Gasteiger partial charge in [-0.25, -0.2) is 0 Å². The molecule has 0 aromatic heterocycles. The van der Waals surface area contributed by atoms with Gasteiger partial charge in [-0.3, -0.25) is 0 Å². The Balaban J connectivity index is 1.93. The Morgan fingerprint density at radius 3 is 0.838 bits per heavy atom. The summed E-state index contributed by atoms with van der Waals surface area (Å²) in [6, 6.07) is 31.9. The van der Waals surface area contributed by atoms with Crippen molar-refractivity contribution >= 4 is 29.1 Å². The average Bonchev–Trinajstić information content (AvgIpc) is 2.72. The van der Waals surface area contributed by atoms with Crippen molar-refractivity contribution in [1.82, 2.24) is 0 Å². The zero-order valence-corrected chi connectivity index (χ0v) is 27.9. The van der Waals surface area contributed by atoms with Gasteiger partial charge in [-0.05, 0) is 0 Å². The molecule has 3 aromatic carbocycles. The van der Waals surface area contributed by atoms with E-state index >= 15 is 0 Å². The van der Waals surface area contributed by atoms with Crippen LogP contribution in [0.15, 0.2) is 91.0 Å². The minimum atomic E-state index is -2.63. The van der Waals surface area contributed by atoms with Crippen LogP contribution in [0.1, 0.15) is 16.7 Å². The molecule has 0 saturated heterocycles. The van der Waals surface area contributed by atoms with Crippen LogP contribution < -0.4 is 0 Å². The van der Waals surface area contributed by atoms with Crippen LogP contribution in [-0.4, -0.2) is 60.0 Å². The summed E-state index contributed by atoms with van der Waals surface area (Å²) in [5.74, 6) is 0. The molecule has 0 aliphatic heterocycles. The van der Waals surface area contributed by atoms with Crippen molar-refractivity contribution in [2.24, 2.45) is 0 Å². The Hall–Kier alpha value is -0.740. The number of hydrogen-bond donors (Lipinski definition) is 0. The Kier molecular flexibility index (Phi) is 8.89. The van der Waals surface area contributed by atoms with Crippen LogP contribution in [0.5, 0.6) is 0 Å². The maximum absolute atomic E-state index is 7.12. The number of rotatable bonds is 12. The van der Waals surface area contributed by atoms with Gasteiger partial charge >= 0.3 is 228 Å². The predicted octanol–water partition coefficient (Wildman–Crippen LogP) is 9.94. The Morgan fingerprint density at radius 1 is 0.405 bits per heavy atom. The molecule has 37 heavy (non-hydrogen) atoms. The first-order valence-corrected chi connectivity index (χ1v) is 25.0. The van der Waals surface area contributed by atoms with Gasteiger partial charge in [-0.15, -0.1) is 0 Å². The first-order chi connectivity index (χ1) is 16.8. The van der Waals surface area contributed by atoms with E-state index in [1.165, 1.54) is 16.7 Å². The molecular formula is C30H48O3P4. The van der Waals surface area contributed by atoms with Crippen LogP contribution in [0.2, 0.25) is 0 Å². The topological polar surface area (TPSA) is 27.7 Å². The fraction of sp³-hybridized carbons (Fsp3) is 0.400. The van der Waals surface area contributed by atoms with Crippen molar-refractivity contribution in [1.29, 1.82) is 0 Å². The maximum atomic E-state index is 7.12. The van der Waals surface area contributed by atoms with Crippen molar-refractivity contribution in [2.45, 2.75) is 18.5 Å². The van der Waals surface area contributed by atoms with Crippen molar-refractivity contribution < 1.29 is 12.9 Å². The summed E-state index contributed by atoms with van der Waals surface area (Å²) in [4.78, 5) is 0. The SMILES string of the molecule is CP(C)(C)(Cc1ccccc1)OP(OP(C)(C)(C)Cc1ccccc1)OP(C)(C)(C)Cc1ccccc1. The van der Waals surface area contributed by atoms with Crippen molar-refractivity contribution in [3.8, 4) is 0 Å². The van der Waals surface area contributed by atoms with Gasteiger partial charge in [0, 0.05) is 0 Å². The van der Waals surface area contributed by atoms with E-state index in [0.29, 0.717) is 0 Å². The van der Waals surface area contributed by atoms with Gasteiger partial charge in [-0.2, -0.15) is 0 Å². The normalized spacial score (nSPS) is 16.9. The quantitative estimate of drug-likeness (QED) is 0.200. The predicted molar refractivity (Wildman–Crippen MR) is 175 cm³/mol. The van der Waals surface area contributed by atoms with Crippen LogP contribution in [0, 0.1) is 0 Å². The summed E-state index contributed by atoms with van der Waals surface area (Å²) < 4.78 is 21.4. The third-order valence-electron chi connectivity index (χ3n) is 5.80. The van der Waals surface area contributed by atoms with Gasteiger partial charge in [0.15, 0.2) is 0 Å². The first kappa shape index (κ1) is 30.8. The summed E-state index contributed by atoms with van der Waals surface area (Å²) >= 11 is 0. The summed E-state index contributed by atoms with van der Waals surface area (Å²) in [6.45, 7) is 12.8. The van der Waals surface area contributed by atoms with Crippen molar-refractivity contribution in [3.63, 3.8) is 0 Å². The van der Waals surface area contributed by atoms with Crippen LogP contribution >= 0.6 is 29.1 Å². The third kappa shape index (κ3) is 11.1. The Labute approximate surface area is 227 Å². The van der Waals surface area contributed by atoms with E-state index < -0.39 is 29.1 Å². The standard InChI is InChI=1S/C30H48O3P4/c1-35(2,3,25-28-19-13-10-14-20-28)31-34(32-36(4,5,6)26-29-21-15-11-16-22-29)33-37(7,8,9)27-30-23-17-12-18-24-30/h10-24H,25-27H2,1-9H3. The molecule has 0 bridgehead atoms. The summed E-state index contributed by atoms with van der Waals surface area (Å²) in [5.41, 5.74) is 3.88. The second kappa shape index (κ2) is 10.7. The molecular weight excluding hydrogens is 532 g/mol. The van der Waals surface area contributed by atoms with E-state index in [2.05, 4.69) is 151 Å². The zero-order valence-electron chi connectivity index (χ0n) is 24.3. The van der Waals surface area contributed by atoms with Gasteiger partial charge in [0.25, 0.3) is 0 Å². The van der Waals surface area contributed by atoms with Gasteiger partial charge < -0.3 is 0 Å². The molecule has 3 aromatic rings. The van der Waals surface area contributed by atoms with Crippen molar-refractivity contribution in [2.75, 3.05) is 60.0 Å². The van der Waals surface area contributed by atoms with Crippen molar-refractivity contribution in [3.05, 3.63) is 108 Å².